The number of nitrogens with zero attached hydrogens (tertiary/aromatic N) is 1. The Morgan fingerprint density at radius 1 is 1.00 bits per heavy atom. The summed E-state index contributed by atoms with van der Waals surface area (Å²) in [6.45, 7) is 0. The van der Waals surface area contributed by atoms with Crippen molar-refractivity contribution in [1.82, 2.24) is 0 Å². The van der Waals surface area contributed by atoms with Gasteiger partial charge in [0.1, 0.15) is 6.04 Å². The molecule has 2 atom stereocenters. The molecule has 0 saturated carbocycles. The van der Waals surface area contributed by atoms with Crippen molar-refractivity contribution in [3.63, 3.8) is 0 Å². The van der Waals surface area contributed by atoms with E-state index in [1.807, 2.05) is 0 Å². The molecule has 1 fully saturated rings. The lowest BCUT2D eigenvalue weighted by Crippen LogP contribution is -2.63. The number of halogens is 5. The molecule has 0 spiro atoms. The van der Waals surface area contributed by atoms with E-state index in [1.54, 1.807) is 12.1 Å². The van der Waals surface area contributed by atoms with Crippen LogP contribution >= 0.6 is 23.2 Å². The lowest BCUT2D eigenvalue weighted by molar-refractivity contribution is -0.137. The average molecular weight is 375 g/mol. The van der Waals surface area contributed by atoms with Gasteiger partial charge in [0.25, 0.3) is 0 Å². The third kappa shape index (κ3) is 2.85. The summed E-state index contributed by atoms with van der Waals surface area (Å²) in [7, 11) is 0. The van der Waals surface area contributed by atoms with Crippen LogP contribution in [0, 0.1) is 0 Å². The number of hydrogen-bond acceptors (Lipinski definition) is 2. The van der Waals surface area contributed by atoms with Crippen molar-refractivity contribution < 1.29 is 18.0 Å². The predicted octanol–water partition coefficient (Wildman–Crippen LogP) is 4.43. The van der Waals surface area contributed by atoms with Crippen molar-refractivity contribution in [3.05, 3.63) is 63.6 Å². The van der Waals surface area contributed by atoms with Gasteiger partial charge < -0.3 is 10.6 Å². The van der Waals surface area contributed by atoms with E-state index in [-0.39, 0.29) is 10.9 Å². The highest BCUT2D eigenvalue weighted by atomic mass is 35.5. The summed E-state index contributed by atoms with van der Waals surface area (Å²) in [6.07, 6.45) is -4.42. The molecule has 0 radical (unpaired) electrons. The number of carbonyl (C=O) groups excluding carboxylic acids is 1. The molecule has 2 aromatic rings. The number of carbonyl (C=O) groups is 1. The number of hydrogen-bond donors (Lipinski definition) is 1. The third-order valence-electron chi connectivity index (χ3n) is 3.90. The number of amides is 1. The van der Waals surface area contributed by atoms with Gasteiger partial charge in [-0.25, -0.2) is 0 Å². The zero-order valence-electron chi connectivity index (χ0n) is 12.0. The summed E-state index contributed by atoms with van der Waals surface area (Å²) in [5.74, 6) is -0.335. The Kier molecular flexibility index (Phi) is 4.23. The van der Waals surface area contributed by atoms with Crippen LogP contribution in [-0.2, 0) is 11.0 Å². The van der Waals surface area contributed by atoms with Gasteiger partial charge in [0.2, 0.25) is 5.91 Å². The van der Waals surface area contributed by atoms with Gasteiger partial charge in [-0.15, -0.1) is 0 Å². The number of rotatable bonds is 2. The minimum atomic E-state index is -4.42. The van der Waals surface area contributed by atoms with E-state index in [4.69, 9.17) is 28.9 Å². The molecule has 1 saturated heterocycles. The topological polar surface area (TPSA) is 46.3 Å². The van der Waals surface area contributed by atoms with E-state index in [0.29, 0.717) is 16.3 Å². The monoisotopic (exact) mass is 374 g/mol. The molecular weight excluding hydrogens is 364 g/mol. The number of benzene rings is 2. The first-order chi connectivity index (χ1) is 11.2. The van der Waals surface area contributed by atoms with Crippen LogP contribution in [-0.4, -0.2) is 11.9 Å². The zero-order valence-corrected chi connectivity index (χ0v) is 13.5. The zero-order chi connectivity index (χ0) is 17.6. The average Bonchev–Trinajstić information content (AvgIpc) is 2.54. The summed E-state index contributed by atoms with van der Waals surface area (Å²) in [5.41, 5.74) is 6.09. The third-order valence-corrected chi connectivity index (χ3v) is 4.64. The summed E-state index contributed by atoms with van der Waals surface area (Å²) < 4.78 is 38.0. The van der Waals surface area contributed by atoms with Gasteiger partial charge >= 0.3 is 6.18 Å². The molecule has 1 heterocycles. The van der Waals surface area contributed by atoms with Crippen molar-refractivity contribution in [2.45, 2.75) is 18.3 Å². The second kappa shape index (κ2) is 5.95. The molecule has 8 heteroatoms. The Morgan fingerprint density at radius 3 is 2.17 bits per heavy atom. The van der Waals surface area contributed by atoms with Gasteiger partial charge in [0.05, 0.1) is 21.7 Å². The van der Waals surface area contributed by atoms with Crippen molar-refractivity contribution in [1.29, 1.82) is 0 Å². The van der Waals surface area contributed by atoms with E-state index < -0.39 is 23.8 Å². The lowest BCUT2D eigenvalue weighted by atomic mass is 9.88. The van der Waals surface area contributed by atoms with Crippen molar-refractivity contribution >= 4 is 34.8 Å². The molecule has 126 valence electrons. The number of alkyl halides is 3. The Balaban J connectivity index is 1.94. The van der Waals surface area contributed by atoms with E-state index in [1.165, 1.54) is 23.1 Å². The van der Waals surface area contributed by atoms with E-state index in [2.05, 4.69) is 0 Å². The minimum Gasteiger partial charge on any atom is -0.318 e. The fourth-order valence-corrected chi connectivity index (χ4v) is 2.95. The van der Waals surface area contributed by atoms with Gasteiger partial charge in [-0.1, -0.05) is 35.3 Å². The van der Waals surface area contributed by atoms with Crippen LogP contribution in [0.4, 0.5) is 18.9 Å². The van der Waals surface area contributed by atoms with Crippen LogP contribution < -0.4 is 10.6 Å². The quantitative estimate of drug-likeness (QED) is 0.790. The maximum Gasteiger partial charge on any atom is 0.416 e. The highest BCUT2D eigenvalue weighted by molar-refractivity contribution is 6.42. The van der Waals surface area contributed by atoms with Gasteiger partial charge in [-0.2, -0.15) is 13.2 Å². The van der Waals surface area contributed by atoms with Gasteiger partial charge in [0, 0.05) is 5.69 Å². The molecule has 2 N–H and O–H groups in total. The van der Waals surface area contributed by atoms with E-state index >= 15 is 0 Å². The molecule has 1 aliphatic heterocycles. The highest BCUT2D eigenvalue weighted by Crippen LogP contribution is 2.40. The first-order valence-corrected chi connectivity index (χ1v) is 7.66. The van der Waals surface area contributed by atoms with Crippen LogP contribution in [0.1, 0.15) is 17.2 Å². The molecule has 0 aliphatic carbocycles. The molecule has 0 bridgehead atoms. The normalized spacial score (nSPS) is 20.9. The molecule has 24 heavy (non-hydrogen) atoms. The van der Waals surface area contributed by atoms with Crippen molar-refractivity contribution in [2.24, 2.45) is 5.73 Å². The maximum atomic E-state index is 12.7. The number of anilines is 1. The minimum absolute atomic E-state index is 0.272. The summed E-state index contributed by atoms with van der Waals surface area (Å²) in [5, 5.41) is 0.609. The lowest BCUT2D eigenvalue weighted by Gasteiger charge is -2.45. The maximum absolute atomic E-state index is 12.7. The fraction of sp³-hybridized carbons (Fsp3) is 0.188. The first kappa shape index (κ1) is 17.1. The van der Waals surface area contributed by atoms with Gasteiger partial charge in [-0.05, 0) is 35.9 Å². The SMILES string of the molecule is N[C@@H]1C(=O)N(c2ccc(Cl)c(Cl)c2)[C@H]1c1ccc(C(F)(F)F)cc1. The Hall–Kier alpha value is -1.76. The molecule has 0 aromatic heterocycles. The predicted molar refractivity (Wildman–Crippen MR) is 86.1 cm³/mol. The second-order valence-corrected chi connectivity index (χ2v) is 6.21. The molecule has 3 rings (SSSR count). The van der Waals surface area contributed by atoms with Crippen LogP contribution in [0.5, 0.6) is 0 Å². The summed E-state index contributed by atoms with van der Waals surface area (Å²) in [4.78, 5) is 13.5. The summed E-state index contributed by atoms with van der Waals surface area (Å²) in [6, 6.07) is 7.87. The first-order valence-electron chi connectivity index (χ1n) is 6.91. The van der Waals surface area contributed by atoms with E-state index in [9.17, 15) is 18.0 Å². The number of nitrogens with two attached hydrogens (primary N) is 1. The van der Waals surface area contributed by atoms with Crippen LogP contribution in [0.2, 0.25) is 10.0 Å². The fourth-order valence-electron chi connectivity index (χ4n) is 2.66. The summed E-state index contributed by atoms with van der Waals surface area (Å²) >= 11 is 11.8. The molecular formula is C16H11Cl2F3N2O. The van der Waals surface area contributed by atoms with Crippen molar-refractivity contribution in [2.75, 3.05) is 4.90 Å². The van der Waals surface area contributed by atoms with Crippen molar-refractivity contribution in [3.8, 4) is 0 Å². The smallest absolute Gasteiger partial charge is 0.318 e. The largest absolute Gasteiger partial charge is 0.416 e. The molecule has 2 aromatic carbocycles. The van der Waals surface area contributed by atoms with Crippen LogP contribution in [0.3, 0.4) is 0 Å². The molecule has 1 aliphatic rings. The second-order valence-electron chi connectivity index (χ2n) is 5.40. The molecule has 0 unspecified atom stereocenters. The van der Waals surface area contributed by atoms with Gasteiger partial charge in [-0.3, -0.25) is 4.79 Å². The molecule has 1 amide bonds. The standard InChI is InChI=1S/C16H11Cl2F3N2O/c17-11-6-5-10(7-12(11)18)23-14(13(22)15(23)24)8-1-3-9(4-2-8)16(19,20)21/h1-7,13-14H,22H2/t13-,14-/m0/s1. The Labute approximate surface area is 145 Å². The van der Waals surface area contributed by atoms with Crippen LogP contribution in [0.25, 0.3) is 0 Å². The Morgan fingerprint density at radius 2 is 1.62 bits per heavy atom. The Bertz CT molecular complexity index is 793. The van der Waals surface area contributed by atoms with Gasteiger partial charge in [0.15, 0.2) is 0 Å². The van der Waals surface area contributed by atoms with Crippen LogP contribution in [0.15, 0.2) is 42.5 Å². The molecule has 3 nitrogen and oxygen atoms in total. The van der Waals surface area contributed by atoms with E-state index in [0.717, 1.165) is 12.1 Å². The number of β-lactam (4-membered cyclic amide) rings is 1. The highest BCUT2D eigenvalue weighted by Gasteiger charge is 2.47.